The SMILES string of the molecule is Cc1cc(C)c(CSC(C(=O)C(C)N)C(C(=O)O)(C(=O)C(N)CCC(N)=O)N(Cc2ccccc2)C(=O)C(N)CC(N)=O)c(C)c1. The number of hydrogen-bond donors (Lipinski definition) is 6. The van der Waals surface area contributed by atoms with E-state index in [0.29, 0.717) is 10.5 Å². The number of nitrogens with zero attached hydrogens (tertiary/aromatic N) is 1. The number of carbonyl (C=O) groups is 6. The highest BCUT2D eigenvalue weighted by molar-refractivity contribution is 8.00. The Labute approximate surface area is 272 Å². The molecule has 5 unspecified atom stereocenters. The van der Waals surface area contributed by atoms with Crippen LogP contribution in [0.25, 0.3) is 0 Å². The Bertz CT molecular complexity index is 1450. The van der Waals surface area contributed by atoms with Gasteiger partial charge in [-0.05, 0) is 56.4 Å². The summed E-state index contributed by atoms with van der Waals surface area (Å²) in [6.45, 7) is 6.47. The molecule has 0 aromatic heterocycles. The Kier molecular flexibility index (Phi) is 13.6. The molecule has 14 heteroatoms. The zero-order chi connectivity index (χ0) is 34.9. The summed E-state index contributed by atoms with van der Waals surface area (Å²) in [4.78, 5) is 80.6. The molecule has 2 rings (SSSR count). The average molecular weight is 657 g/mol. The van der Waals surface area contributed by atoms with E-state index in [4.69, 9.17) is 28.7 Å². The number of Topliss-reactive ketones (excluding diaryl/α,β-unsaturated/α-hetero) is 2. The third-order valence-electron chi connectivity index (χ3n) is 7.68. The largest absolute Gasteiger partial charge is 0.479 e. The normalized spacial score (nSPS) is 15.1. The van der Waals surface area contributed by atoms with E-state index < -0.39 is 77.1 Å². The van der Waals surface area contributed by atoms with Gasteiger partial charge in [0.05, 0.1) is 24.5 Å². The minimum Gasteiger partial charge on any atom is -0.479 e. The Morgan fingerprint density at radius 2 is 1.46 bits per heavy atom. The van der Waals surface area contributed by atoms with E-state index in [1.807, 2.05) is 32.9 Å². The summed E-state index contributed by atoms with van der Waals surface area (Å²) in [5.41, 5.74) is 29.9. The second-order valence-corrected chi connectivity index (χ2v) is 12.6. The summed E-state index contributed by atoms with van der Waals surface area (Å²) in [6.07, 6.45) is -1.43. The van der Waals surface area contributed by atoms with Gasteiger partial charge in [-0.1, -0.05) is 48.0 Å². The molecule has 0 spiro atoms. The zero-order valence-electron chi connectivity index (χ0n) is 26.5. The quantitative estimate of drug-likeness (QED) is 0.119. The molecule has 0 aliphatic rings. The lowest BCUT2D eigenvalue weighted by Gasteiger charge is -2.45. The fraction of sp³-hybridized carbons (Fsp3) is 0.438. The molecule has 0 saturated heterocycles. The van der Waals surface area contributed by atoms with Crippen molar-refractivity contribution in [2.75, 3.05) is 0 Å². The summed E-state index contributed by atoms with van der Waals surface area (Å²) >= 11 is 0.828. The van der Waals surface area contributed by atoms with E-state index in [0.717, 1.165) is 34.0 Å². The van der Waals surface area contributed by atoms with Crippen molar-refractivity contribution in [1.82, 2.24) is 4.90 Å². The van der Waals surface area contributed by atoms with Crippen LogP contribution in [0.3, 0.4) is 0 Å². The maximum Gasteiger partial charge on any atom is 0.339 e. The monoisotopic (exact) mass is 656 g/mol. The van der Waals surface area contributed by atoms with E-state index in [9.17, 15) is 33.9 Å². The van der Waals surface area contributed by atoms with Crippen molar-refractivity contribution in [3.8, 4) is 0 Å². The number of ketones is 2. The first-order chi connectivity index (χ1) is 21.4. The molecule has 0 aliphatic heterocycles. The molecule has 13 nitrogen and oxygen atoms in total. The molecule has 0 saturated carbocycles. The third-order valence-corrected chi connectivity index (χ3v) is 9.04. The van der Waals surface area contributed by atoms with Gasteiger partial charge in [-0.15, -0.1) is 11.8 Å². The number of primary amides is 2. The van der Waals surface area contributed by atoms with Gasteiger partial charge in [0, 0.05) is 18.7 Å². The number of amides is 3. The summed E-state index contributed by atoms with van der Waals surface area (Å²) in [6, 6.07) is 7.36. The fourth-order valence-corrected chi connectivity index (χ4v) is 7.10. The van der Waals surface area contributed by atoms with Crippen LogP contribution in [0.4, 0.5) is 0 Å². The number of carbonyl (C=O) groups excluding carboxylic acids is 5. The highest BCUT2D eigenvalue weighted by Gasteiger charge is 2.62. The summed E-state index contributed by atoms with van der Waals surface area (Å²) in [7, 11) is 0. The molecule has 0 aliphatic carbocycles. The Morgan fingerprint density at radius 1 is 0.891 bits per heavy atom. The van der Waals surface area contributed by atoms with Crippen molar-refractivity contribution in [3.63, 3.8) is 0 Å². The van der Waals surface area contributed by atoms with Crippen molar-refractivity contribution in [1.29, 1.82) is 0 Å². The lowest BCUT2D eigenvalue weighted by molar-refractivity contribution is -0.168. The van der Waals surface area contributed by atoms with E-state index in [-0.39, 0.29) is 18.6 Å². The van der Waals surface area contributed by atoms with Crippen molar-refractivity contribution in [2.24, 2.45) is 28.7 Å². The van der Waals surface area contributed by atoms with Gasteiger partial charge in [-0.2, -0.15) is 0 Å². The number of aryl methyl sites for hydroxylation is 3. The van der Waals surface area contributed by atoms with Gasteiger partial charge in [0.2, 0.25) is 23.3 Å². The van der Waals surface area contributed by atoms with Crippen molar-refractivity contribution >= 4 is 47.0 Å². The van der Waals surface area contributed by atoms with E-state index in [2.05, 4.69) is 0 Å². The van der Waals surface area contributed by atoms with Crippen LogP contribution in [0.2, 0.25) is 0 Å². The molecule has 0 heterocycles. The Hall–Kier alpha value is -4.11. The van der Waals surface area contributed by atoms with Crippen molar-refractivity contribution in [2.45, 2.75) is 88.2 Å². The van der Waals surface area contributed by atoms with Crippen molar-refractivity contribution in [3.05, 3.63) is 70.3 Å². The minimum absolute atomic E-state index is 0.0562. The fourth-order valence-electron chi connectivity index (χ4n) is 5.35. The molecule has 5 atom stereocenters. The highest BCUT2D eigenvalue weighted by atomic mass is 32.2. The predicted molar refractivity (Wildman–Crippen MR) is 175 cm³/mol. The maximum atomic E-state index is 14.6. The molecule has 2 aromatic carbocycles. The van der Waals surface area contributed by atoms with E-state index in [1.54, 1.807) is 30.3 Å². The van der Waals surface area contributed by atoms with E-state index in [1.165, 1.54) is 6.92 Å². The second kappa shape index (κ2) is 16.5. The smallest absolute Gasteiger partial charge is 0.339 e. The molecule has 0 bridgehead atoms. The minimum atomic E-state index is -3.00. The summed E-state index contributed by atoms with van der Waals surface area (Å²) < 4.78 is 0. The number of carboxylic acids is 1. The van der Waals surface area contributed by atoms with Gasteiger partial charge >= 0.3 is 5.97 Å². The topological polar surface area (TPSA) is 256 Å². The van der Waals surface area contributed by atoms with E-state index >= 15 is 0 Å². The van der Waals surface area contributed by atoms with Crippen LogP contribution in [0, 0.1) is 20.8 Å². The molecule has 250 valence electrons. The van der Waals surface area contributed by atoms with Gasteiger partial charge in [0.1, 0.15) is 5.25 Å². The molecule has 0 fully saturated rings. The average Bonchev–Trinajstić information content (AvgIpc) is 2.96. The lowest BCUT2D eigenvalue weighted by atomic mass is 9.79. The number of carboxylic acid groups (broad SMARTS) is 1. The van der Waals surface area contributed by atoms with Gasteiger partial charge in [-0.3, -0.25) is 24.0 Å². The van der Waals surface area contributed by atoms with Gasteiger partial charge in [-0.25, -0.2) is 4.79 Å². The lowest BCUT2D eigenvalue weighted by Crippen LogP contribution is -2.73. The zero-order valence-corrected chi connectivity index (χ0v) is 27.3. The first-order valence-corrected chi connectivity index (χ1v) is 15.7. The number of thioether (sulfide) groups is 1. The number of benzene rings is 2. The molecular weight excluding hydrogens is 612 g/mol. The molecule has 46 heavy (non-hydrogen) atoms. The van der Waals surface area contributed by atoms with Gasteiger partial charge in [0.15, 0.2) is 11.6 Å². The summed E-state index contributed by atoms with van der Waals surface area (Å²) in [5, 5.41) is 9.31. The molecule has 2 aromatic rings. The first kappa shape index (κ1) is 38.1. The van der Waals surface area contributed by atoms with Crippen LogP contribution in [0.1, 0.15) is 54.0 Å². The predicted octanol–water partition coefficient (Wildman–Crippen LogP) is 0.347. The van der Waals surface area contributed by atoms with Crippen LogP contribution in [0.15, 0.2) is 42.5 Å². The number of hydrogen-bond acceptors (Lipinski definition) is 10. The molecule has 11 N–H and O–H groups in total. The van der Waals surface area contributed by atoms with Crippen LogP contribution in [-0.4, -0.2) is 74.2 Å². The number of aliphatic carboxylic acids is 1. The van der Waals surface area contributed by atoms with Crippen LogP contribution < -0.4 is 28.7 Å². The van der Waals surface area contributed by atoms with Crippen LogP contribution in [-0.2, 0) is 41.1 Å². The van der Waals surface area contributed by atoms with Crippen LogP contribution in [0.5, 0.6) is 0 Å². The Balaban J connectivity index is 2.98. The first-order valence-electron chi connectivity index (χ1n) is 14.6. The molecule has 3 amide bonds. The number of rotatable bonds is 18. The van der Waals surface area contributed by atoms with Gasteiger partial charge in [0.25, 0.3) is 0 Å². The van der Waals surface area contributed by atoms with Crippen LogP contribution >= 0.6 is 11.8 Å². The maximum absolute atomic E-state index is 14.6. The standard InChI is InChI=1S/C32H44N6O7S/c1-17-12-18(2)22(19(3)13-17)16-46-29(27(41)20(4)33)32(31(44)45,28(42)23(34)10-11-25(36)39)38(15-21-8-6-5-7-9-21)30(43)24(35)14-26(37)40/h5-9,12-13,20,23-24,29H,10-11,14-16,33-35H2,1-4H3,(H2,36,39)(H2,37,40)(H,44,45). The molecular formula is C32H44N6O7S. The summed E-state index contributed by atoms with van der Waals surface area (Å²) in [5.74, 6) is -6.78. The highest BCUT2D eigenvalue weighted by Crippen LogP contribution is 2.38. The Morgan fingerprint density at radius 3 is 1.93 bits per heavy atom. The third kappa shape index (κ3) is 9.00. The van der Waals surface area contributed by atoms with Gasteiger partial charge < -0.3 is 38.7 Å². The number of nitrogens with two attached hydrogens (primary N) is 5. The second-order valence-electron chi connectivity index (χ2n) is 11.5. The molecule has 0 radical (unpaired) electrons. The van der Waals surface area contributed by atoms with Crippen molar-refractivity contribution < 1.29 is 33.9 Å².